The highest BCUT2D eigenvalue weighted by Crippen LogP contribution is 2.30. The number of azo groups is 1. The van der Waals surface area contributed by atoms with Gasteiger partial charge < -0.3 is 5.32 Å². The van der Waals surface area contributed by atoms with Crippen LogP contribution in [0.4, 0.5) is 30.2 Å². The molecule has 1 aliphatic rings. The van der Waals surface area contributed by atoms with Gasteiger partial charge in [-0.3, -0.25) is 9.59 Å². The summed E-state index contributed by atoms with van der Waals surface area (Å²) in [6, 6.07) is 19.7. The summed E-state index contributed by atoms with van der Waals surface area (Å²) in [6.45, 7) is 0.0280. The Labute approximate surface area is 187 Å². The summed E-state index contributed by atoms with van der Waals surface area (Å²) in [5.74, 6) is -0.842. The molecule has 0 aromatic heterocycles. The summed E-state index contributed by atoms with van der Waals surface area (Å²) in [5, 5.41) is 11.1. The van der Waals surface area contributed by atoms with E-state index in [1.54, 1.807) is 24.3 Å². The lowest BCUT2D eigenvalue weighted by molar-refractivity contribution is -0.137. The number of anilines is 1. The first-order chi connectivity index (χ1) is 15.8. The molecule has 0 saturated carbocycles. The minimum Gasteiger partial charge on any atom is -0.301 e. The van der Waals surface area contributed by atoms with Gasteiger partial charge in [-0.25, -0.2) is 4.90 Å². The van der Waals surface area contributed by atoms with E-state index in [-0.39, 0.29) is 18.9 Å². The number of halogens is 3. The van der Waals surface area contributed by atoms with Crippen LogP contribution in [0.3, 0.4) is 0 Å². The van der Waals surface area contributed by atoms with Crippen molar-refractivity contribution in [3.63, 3.8) is 0 Å². The summed E-state index contributed by atoms with van der Waals surface area (Å²) in [4.78, 5) is 26.3. The molecule has 1 N–H and O–H groups in total. The van der Waals surface area contributed by atoms with Gasteiger partial charge in [-0.1, -0.05) is 36.4 Å². The number of benzene rings is 3. The third kappa shape index (κ3) is 5.32. The molecule has 1 fully saturated rings. The summed E-state index contributed by atoms with van der Waals surface area (Å²) in [5.41, 5.74) is 1.26. The molecule has 4 rings (SSSR count). The van der Waals surface area contributed by atoms with Gasteiger partial charge in [0.2, 0.25) is 5.91 Å². The van der Waals surface area contributed by atoms with Crippen LogP contribution in [-0.4, -0.2) is 17.9 Å². The Morgan fingerprint density at radius 3 is 2.21 bits per heavy atom. The van der Waals surface area contributed by atoms with E-state index in [1.807, 2.05) is 30.3 Å². The average Bonchev–Trinajstić information content (AvgIpc) is 3.10. The Hall–Kier alpha value is -3.85. The van der Waals surface area contributed by atoms with Gasteiger partial charge in [-0.05, 0) is 48.0 Å². The van der Waals surface area contributed by atoms with Crippen molar-refractivity contribution >= 4 is 28.9 Å². The number of imide groups is 1. The predicted molar refractivity (Wildman–Crippen MR) is 116 cm³/mol. The fourth-order valence-electron chi connectivity index (χ4n) is 3.44. The second-order valence-corrected chi connectivity index (χ2v) is 7.46. The number of nitrogens with one attached hydrogen (secondary N) is 1. The van der Waals surface area contributed by atoms with Crippen molar-refractivity contribution in [1.82, 2.24) is 5.32 Å². The number of hydrogen-bond acceptors (Lipinski definition) is 5. The Balaban J connectivity index is 1.40. The SMILES string of the molecule is O=C1C[C@H](NCc2cccc(C(F)(F)F)c2)C(=O)N1c1ccc(N=Nc2ccccc2)cc1. The molecule has 168 valence electrons. The van der Waals surface area contributed by atoms with Crippen LogP contribution < -0.4 is 10.2 Å². The highest BCUT2D eigenvalue weighted by molar-refractivity contribution is 6.22. The van der Waals surface area contributed by atoms with E-state index in [2.05, 4.69) is 15.5 Å². The van der Waals surface area contributed by atoms with Crippen molar-refractivity contribution in [1.29, 1.82) is 0 Å². The topological polar surface area (TPSA) is 74.1 Å². The van der Waals surface area contributed by atoms with Crippen LogP contribution in [0.25, 0.3) is 0 Å². The molecule has 0 aliphatic carbocycles. The molecule has 0 bridgehead atoms. The number of rotatable bonds is 6. The molecule has 33 heavy (non-hydrogen) atoms. The molecule has 1 aliphatic heterocycles. The first kappa shape index (κ1) is 22.3. The molecule has 0 radical (unpaired) electrons. The van der Waals surface area contributed by atoms with Gasteiger partial charge in [-0.2, -0.15) is 23.4 Å². The Morgan fingerprint density at radius 1 is 0.879 bits per heavy atom. The van der Waals surface area contributed by atoms with Gasteiger partial charge in [0.05, 0.1) is 35.1 Å². The van der Waals surface area contributed by atoms with Gasteiger partial charge in [-0.15, -0.1) is 0 Å². The fourth-order valence-corrected chi connectivity index (χ4v) is 3.44. The smallest absolute Gasteiger partial charge is 0.301 e. The number of hydrogen-bond donors (Lipinski definition) is 1. The molecule has 1 atom stereocenters. The van der Waals surface area contributed by atoms with E-state index in [9.17, 15) is 22.8 Å². The van der Waals surface area contributed by atoms with Crippen LogP contribution in [0.1, 0.15) is 17.5 Å². The second-order valence-electron chi connectivity index (χ2n) is 7.46. The minimum absolute atomic E-state index is 0.0280. The third-order valence-electron chi connectivity index (χ3n) is 5.10. The maximum Gasteiger partial charge on any atom is 0.416 e. The molecular formula is C24H19F3N4O2. The van der Waals surface area contributed by atoms with E-state index < -0.39 is 23.7 Å². The van der Waals surface area contributed by atoms with Crippen molar-refractivity contribution in [2.24, 2.45) is 10.2 Å². The molecule has 1 saturated heterocycles. The normalized spacial score (nSPS) is 16.7. The Kier molecular flexibility index (Phi) is 6.32. The maximum absolute atomic E-state index is 12.9. The number of amides is 2. The molecule has 0 unspecified atom stereocenters. The highest BCUT2D eigenvalue weighted by Gasteiger charge is 2.39. The van der Waals surface area contributed by atoms with Crippen LogP contribution in [0, 0.1) is 0 Å². The van der Waals surface area contributed by atoms with Crippen LogP contribution in [0.2, 0.25) is 0 Å². The van der Waals surface area contributed by atoms with E-state index in [0.29, 0.717) is 22.6 Å². The summed E-state index contributed by atoms with van der Waals surface area (Å²) >= 11 is 0. The van der Waals surface area contributed by atoms with Crippen LogP contribution in [-0.2, 0) is 22.3 Å². The van der Waals surface area contributed by atoms with Crippen LogP contribution >= 0.6 is 0 Å². The summed E-state index contributed by atoms with van der Waals surface area (Å²) in [7, 11) is 0. The maximum atomic E-state index is 12.9. The van der Waals surface area contributed by atoms with E-state index in [4.69, 9.17) is 0 Å². The predicted octanol–water partition coefficient (Wildman–Crippen LogP) is 5.54. The van der Waals surface area contributed by atoms with E-state index in [1.165, 1.54) is 12.1 Å². The molecule has 9 heteroatoms. The summed E-state index contributed by atoms with van der Waals surface area (Å²) in [6.07, 6.45) is -4.52. The van der Waals surface area contributed by atoms with Gasteiger partial charge in [0.15, 0.2) is 0 Å². The fraction of sp³-hybridized carbons (Fsp3) is 0.167. The second kappa shape index (κ2) is 9.33. The molecule has 0 spiro atoms. The van der Waals surface area contributed by atoms with E-state index >= 15 is 0 Å². The number of carbonyl (C=O) groups excluding carboxylic acids is 2. The van der Waals surface area contributed by atoms with Crippen molar-refractivity contribution in [3.05, 3.63) is 90.0 Å². The highest BCUT2D eigenvalue weighted by atomic mass is 19.4. The molecular weight excluding hydrogens is 433 g/mol. The molecule has 3 aromatic rings. The first-order valence-corrected chi connectivity index (χ1v) is 10.1. The lowest BCUT2D eigenvalue weighted by Crippen LogP contribution is -2.38. The standard InChI is InChI=1S/C24H19F3N4O2/c25-24(26,27)17-6-4-5-16(13-17)15-28-21-14-22(32)31(23(21)33)20-11-9-19(10-12-20)30-29-18-7-2-1-3-8-18/h1-13,21,28H,14-15H2/t21-/m0/s1. The van der Waals surface area contributed by atoms with Gasteiger partial charge in [0, 0.05) is 6.54 Å². The molecule has 2 amide bonds. The van der Waals surface area contributed by atoms with Crippen molar-refractivity contribution in [2.45, 2.75) is 25.2 Å². The Bertz CT molecular complexity index is 1180. The molecule has 6 nitrogen and oxygen atoms in total. The zero-order chi connectivity index (χ0) is 23.4. The van der Waals surface area contributed by atoms with Crippen LogP contribution in [0.15, 0.2) is 89.1 Å². The Morgan fingerprint density at radius 2 is 1.55 bits per heavy atom. The van der Waals surface area contributed by atoms with Crippen molar-refractivity contribution < 1.29 is 22.8 Å². The summed E-state index contributed by atoms with van der Waals surface area (Å²) < 4.78 is 38.7. The van der Waals surface area contributed by atoms with Gasteiger partial charge in [0.1, 0.15) is 0 Å². The van der Waals surface area contributed by atoms with Gasteiger partial charge >= 0.3 is 6.18 Å². The monoisotopic (exact) mass is 452 g/mol. The number of carbonyl (C=O) groups is 2. The lowest BCUT2D eigenvalue weighted by atomic mass is 10.1. The van der Waals surface area contributed by atoms with Gasteiger partial charge in [0.25, 0.3) is 5.91 Å². The third-order valence-corrected chi connectivity index (χ3v) is 5.10. The number of nitrogens with zero attached hydrogens (tertiary/aromatic N) is 3. The van der Waals surface area contributed by atoms with Crippen molar-refractivity contribution in [3.8, 4) is 0 Å². The first-order valence-electron chi connectivity index (χ1n) is 10.1. The van der Waals surface area contributed by atoms with E-state index in [0.717, 1.165) is 17.0 Å². The zero-order valence-corrected chi connectivity index (χ0v) is 17.3. The lowest BCUT2D eigenvalue weighted by Gasteiger charge is -2.16. The largest absolute Gasteiger partial charge is 0.416 e. The quantitative estimate of drug-likeness (QED) is 0.394. The van der Waals surface area contributed by atoms with Crippen molar-refractivity contribution in [2.75, 3.05) is 4.90 Å². The zero-order valence-electron chi connectivity index (χ0n) is 17.3. The minimum atomic E-state index is -4.45. The van der Waals surface area contributed by atoms with Crippen LogP contribution in [0.5, 0.6) is 0 Å². The number of alkyl halides is 3. The average molecular weight is 452 g/mol. The molecule has 1 heterocycles. The molecule has 3 aromatic carbocycles.